The number of Topliss-reactive ketones (excluding diaryl/α,β-unsaturated/α-hetero) is 2. The average Bonchev–Trinajstić information content (AvgIpc) is 3.27. The van der Waals surface area contributed by atoms with Gasteiger partial charge in [-0.05, 0) is 37.6 Å². The maximum absolute atomic E-state index is 12.3. The predicted octanol–water partition coefficient (Wildman–Crippen LogP) is 4.62. The molecule has 0 unspecified atom stereocenters. The Bertz CT molecular complexity index is 1260. The van der Waals surface area contributed by atoms with E-state index in [2.05, 4.69) is 9.97 Å². The lowest BCUT2D eigenvalue weighted by Crippen LogP contribution is -2.01. The Morgan fingerprint density at radius 1 is 1.14 bits per heavy atom. The molecule has 142 valence electrons. The Labute approximate surface area is 168 Å². The van der Waals surface area contributed by atoms with Gasteiger partial charge in [-0.15, -0.1) is 22.7 Å². The lowest BCUT2D eigenvalue weighted by Gasteiger charge is -2.08. The van der Waals surface area contributed by atoms with Crippen LogP contribution in [0.2, 0.25) is 0 Å². The molecule has 0 spiro atoms. The first kappa shape index (κ1) is 18.5. The molecule has 8 heteroatoms. The first-order valence-electron chi connectivity index (χ1n) is 8.47. The maximum Gasteiger partial charge on any atom is 0.161 e. The SMILES string of the molecule is COc1ccc(C(C)=O)c2sc(Cc3cc(O)c4ncsc4c3C(C)=O)nc12. The second kappa shape index (κ2) is 6.96. The number of hydrogen-bond donors (Lipinski definition) is 1. The zero-order chi connectivity index (χ0) is 20.0. The summed E-state index contributed by atoms with van der Waals surface area (Å²) in [5.74, 6) is 0.498. The maximum atomic E-state index is 12.3. The van der Waals surface area contributed by atoms with Gasteiger partial charge in [-0.2, -0.15) is 0 Å². The lowest BCUT2D eigenvalue weighted by molar-refractivity contribution is 0.101. The second-order valence-corrected chi connectivity index (χ2v) is 8.29. The van der Waals surface area contributed by atoms with E-state index in [4.69, 9.17) is 4.74 Å². The molecule has 0 fully saturated rings. The van der Waals surface area contributed by atoms with Crippen LogP contribution >= 0.6 is 22.7 Å². The predicted molar refractivity (Wildman–Crippen MR) is 110 cm³/mol. The fourth-order valence-electron chi connectivity index (χ4n) is 3.29. The largest absolute Gasteiger partial charge is 0.506 e. The molecule has 0 saturated heterocycles. The van der Waals surface area contributed by atoms with Crippen molar-refractivity contribution in [2.75, 3.05) is 7.11 Å². The highest BCUT2D eigenvalue weighted by Gasteiger charge is 2.20. The zero-order valence-corrected chi connectivity index (χ0v) is 17.0. The normalized spacial score (nSPS) is 11.2. The van der Waals surface area contributed by atoms with Crippen LogP contribution in [0.4, 0.5) is 0 Å². The number of phenolic OH excluding ortho intramolecular Hbond substituents is 1. The van der Waals surface area contributed by atoms with Crippen molar-refractivity contribution in [2.45, 2.75) is 20.3 Å². The second-order valence-electron chi connectivity index (χ2n) is 6.35. The molecule has 0 bridgehead atoms. The van der Waals surface area contributed by atoms with Crippen molar-refractivity contribution in [1.29, 1.82) is 0 Å². The van der Waals surface area contributed by atoms with Crippen LogP contribution in [0.5, 0.6) is 11.5 Å². The van der Waals surface area contributed by atoms with Crippen molar-refractivity contribution in [3.05, 3.63) is 45.4 Å². The van der Waals surface area contributed by atoms with Crippen molar-refractivity contribution in [1.82, 2.24) is 9.97 Å². The van der Waals surface area contributed by atoms with Crippen LogP contribution in [0.15, 0.2) is 23.7 Å². The smallest absolute Gasteiger partial charge is 0.161 e. The number of aromatic hydroxyl groups is 1. The molecule has 28 heavy (non-hydrogen) atoms. The van der Waals surface area contributed by atoms with Crippen molar-refractivity contribution in [3.63, 3.8) is 0 Å². The number of ether oxygens (including phenoxy) is 1. The third kappa shape index (κ3) is 2.94. The standard InChI is InChI=1S/C20H16N2O4S2/c1-9(23)12-4-5-14(26-3)18-19(12)28-15(22-18)7-11-6-13(25)17-20(27-8-21-17)16(11)10(2)24/h4-6,8,25H,7H2,1-3H3. The molecule has 4 rings (SSSR count). The van der Waals surface area contributed by atoms with Gasteiger partial charge in [-0.1, -0.05) is 0 Å². The Morgan fingerprint density at radius 3 is 2.61 bits per heavy atom. The number of fused-ring (bicyclic) bond motifs is 2. The first-order chi connectivity index (χ1) is 13.4. The molecule has 1 N–H and O–H groups in total. The minimum absolute atomic E-state index is 0.0411. The number of methoxy groups -OCH3 is 1. The fourth-order valence-corrected chi connectivity index (χ4v) is 5.38. The van der Waals surface area contributed by atoms with Crippen LogP contribution in [0.3, 0.4) is 0 Å². The molecule has 0 radical (unpaired) electrons. The van der Waals surface area contributed by atoms with E-state index >= 15 is 0 Å². The highest BCUT2D eigenvalue weighted by atomic mass is 32.1. The van der Waals surface area contributed by atoms with Crippen molar-refractivity contribution in [2.24, 2.45) is 0 Å². The van der Waals surface area contributed by atoms with E-state index in [1.165, 1.54) is 36.5 Å². The van der Waals surface area contributed by atoms with Crippen LogP contribution in [0, 0.1) is 0 Å². The molecule has 0 amide bonds. The van der Waals surface area contributed by atoms with E-state index in [1.54, 1.807) is 30.8 Å². The minimum Gasteiger partial charge on any atom is -0.506 e. The van der Waals surface area contributed by atoms with Gasteiger partial charge in [0.05, 0.1) is 27.0 Å². The van der Waals surface area contributed by atoms with Crippen molar-refractivity contribution >= 4 is 54.7 Å². The lowest BCUT2D eigenvalue weighted by atomic mass is 10.0. The van der Waals surface area contributed by atoms with Gasteiger partial charge < -0.3 is 9.84 Å². The number of hydrogen-bond acceptors (Lipinski definition) is 8. The highest BCUT2D eigenvalue weighted by Crippen LogP contribution is 2.37. The van der Waals surface area contributed by atoms with Gasteiger partial charge in [-0.25, -0.2) is 9.97 Å². The summed E-state index contributed by atoms with van der Waals surface area (Å²) in [6, 6.07) is 5.05. The minimum atomic E-state index is -0.0904. The van der Waals surface area contributed by atoms with E-state index in [0.29, 0.717) is 44.6 Å². The molecule has 0 saturated carbocycles. The van der Waals surface area contributed by atoms with Gasteiger partial charge in [0.1, 0.15) is 22.5 Å². The molecule has 0 aliphatic heterocycles. The topological polar surface area (TPSA) is 89.4 Å². The zero-order valence-electron chi connectivity index (χ0n) is 15.4. The van der Waals surface area contributed by atoms with Gasteiger partial charge in [0.25, 0.3) is 0 Å². The average molecular weight is 412 g/mol. The van der Waals surface area contributed by atoms with Crippen molar-refractivity contribution < 1.29 is 19.4 Å². The Hall–Kier alpha value is -2.84. The summed E-state index contributed by atoms with van der Waals surface area (Å²) in [5.41, 5.74) is 4.50. The van der Waals surface area contributed by atoms with Crippen LogP contribution in [0.25, 0.3) is 20.4 Å². The van der Waals surface area contributed by atoms with Gasteiger partial charge in [0.15, 0.2) is 11.6 Å². The van der Waals surface area contributed by atoms with E-state index in [-0.39, 0.29) is 17.3 Å². The van der Waals surface area contributed by atoms with Gasteiger partial charge in [-0.3, -0.25) is 9.59 Å². The third-order valence-corrected chi connectivity index (χ3v) is 6.45. The number of aromatic nitrogens is 2. The van der Waals surface area contributed by atoms with Gasteiger partial charge in [0.2, 0.25) is 0 Å². The number of carbonyl (C=O) groups is 2. The van der Waals surface area contributed by atoms with Crippen LogP contribution in [0.1, 0.15) is 45.1 Å². The van der Waals surface area contributed by atoms with Crippen LogP contribution < -0.4 is 4.74 Å². The highest BCUT2D eigenvalue weighted by molar-refractivity contribution is 7.19. The number of phenols is 1. The molecule has 2 heterocycles. The molecule has 4 aromatic rings. The first-order valence-corrected chi connectivity index (χ1v) is 10.2. The monoisotopic (exact) mass is 412 g/mol. The van der Waals surface area contributed by atoms with E-state index in [9.17, 15) is 14.7 Å². The van der Waals surface area contributed by atoms with Gasteiger partial charge >= 0.3 is 0 Å². The number of carbonyl (C=O) groups excluding carboxylic acids is 2. The molecular weight excluding hydrogens is 396 g/mol. The Balaban J connectivity index is 1.89. The summed E-state index contributed by atoms with van der Waals surface area (Å²) < 4.78 is 6.82. The van der Waals surface area contributed by atoms with Crippen LogP contribution in [-0.2, 0) is 6.42 Å². The quantitative estimate of drug-likeness (QED) is 0.481. The molecule has 0 atom stereocenters. The summed E-state index contributed by atoms with van der Waals surface area (Å²) in [7, 11) is 1.56. The van der Waals surface area contributed by atoms with Crippen LogP contribution in [-0.4, -0.2) is 33.8 Å². The Kier molecular flexibility index (Phi) is 4.60. The summed E-state index contributed by atoms with van der Waals surface area (Å²) in [6.45, 7) is 3.02. The fraction of sp³-hybridized carbons (Fsp3) is 0.200. The summed E-state index contributed by atoms with van der Waals surface area (Å²) in [4.78, 5) is 33.1. The van der Waals surface area contributed by atoms with Crippen molar-refractivity contribution in [3.8, 4) is 11.5 Å². The molecule has 2 aromatic carbocycles. The van der Waals surface area contributed by atoms with E-state index in [1.807, 2.05) is 0 Å². The van der Waals surface area contributed by atoms with E-state index < -0.39 is 0 Å². The summed E-state index contributed by atoms with van der Waals surface area (Å²) >= 11 is 2.72. The molecular formula is C20H16N2O4S2. The van der Waals surface area contributed by atoms with Gasteiger partial charge in [0, 0.05) is 17.5 Å². The molecule has 0 aliphatic carbocycles. The number of thiazole rings is 2. The number of ketones is 2. The van der Waals surface area contributed by atoms with E-state index in [0.717, 1.165) is 9.71 Å². The molecule has 2 aromatic heterocycles. The number of rotatable bonds is 5. The number of nitrogens with zero attached hydrogens (tertiary/aromatic N) is 2. The summed E-state index contributed by atoms with van der Waals surface area (Å²) in [6.07, 6.45) is 0.357. The Morgan fingerprint density at radius 2 is 1.93 bits per heavy atom. The summed E-state index contributed by atoms with van der Waals surface area (Å²) in [5, 5.41) is 11.0. The molecule has 6 nitrogen and oxygen atoms in total. The number of benzene rings is 2. The molecule has 0 aliphatic rings. The third-order valence-electron chi connectivity index (χ3n) is 4.51.